The summed E-state index contributed by atoms with van der Waals surface area (Å²) in [6.07, 6.45) is 0.876. The molecule has 2 heterocycles. The van der Waals surface area contributed by atoms with Crippen LogP contribution in [0.3, 0.4) is 0 Å². The Morgan fingerprint density at radius 2 is 1.72 bits per heavy atom. The lowest BCUT2D eigenvalue weighted by atomic mass is 10.2. The molecule has 0 aliphatic carbocycles. The van der Waals surface area contributed by atoms with Crippen LogP contribution in [0.5, 0.6) is 0 Å². The van der Waals surface area contributed by atoms with Crippen LogP contribution in [0, 0.1) is 6.92 Å². The summed E-state index contributed by atoms with van der Waals surface area (Å²) < 4.78 is 54.3. The Hall–Kier alpha value is -2.27. The van der Waals surface area contributed by atoms with Crippen molar-refractivity contribution in [2.24, 2.45) is 4.40 Å². The number of rotatable bonds is 6. The minimum absolute atomic E-state index is 0.0831. The van der Waals surface area contributed by atoms with Crippen LogP contribution in [-0.2, 0) is 19.9 Å². The van der Waals surface area contributed by atoms with Gasteiger partial charge < -0.3 is 10.2 Å². The van der Waals surface area contributed by atoms with Crippen LogP contribution < -0.4 is 5.32 Å². The molecule has 1 N–H and O–H groups in total. The summed E-state index contributed by atoms with van der Waals surface area (Å²) in [5.41, 5.74) is 1.43. The number of hydrogen-bond acceptors (Lipinski definition) is 7. The fraction of sp³-hybridized carbons (Fsp3) is 0.409. The van der Waals surface area contributed by atoms with Crippen LogP contribution >= 0.6 is 0 Å². The summed E-state index contributed by atoms with van der Waals surface area (Å²) in [7, 11) is -7.02. The largest absolute Gasteiger partial charge is 0.341 e. The maximum Gasteiger partial charge on any atom is 0.286 e. The van der Waals surface area contributed by atoms with Gasteiger partial charge in [-0.3, -0.25) is 4.90 Å². The van der Waals surface area contributed by atoms with Crippen molar-refractivity contribution in [2.75, 3.05) is 50.3 Å². The molecule has 2 aromatic carbocycles. The second kappa shape index (κ2) is 9.30. The van der Waals surface area contributed by atoms with Crippen molar-refractivity contribution < 1.29 is 16.8 Å². The second-order valence-corrected chi connectivity index (χ2v) is 11.9. The highest BCUT2D eigenvalue weighted by Crippen LogP contribution is 2.28. The molecule has 0 atom stereocenters. The maximum absolute atomic E-state index is 12.6. The predicted molar refractivity (Wildman–Crippen MR) is 125 cm³/mol. The number of amidine groups is 1. The Bertz CT molecular complexity index is 1210. The molecule has 0 aromatic heterocycles. The molecule has 10 heteroatoms. The van der Waals surface area contributed by atoms with Crippen molar-refractivity contribution in [3.63, 3.8) is 0 Å². The number of nitrogens with zero attached hydrogens (tertiary/aromatic N) is 3. The molecule has 0 unspecified atom stereocenters. The SMILES string of the molecule is Cc1ccc2c(c1)S(=O)(=O)N=C(CN1CCCN(CCS(=O)(=O)c3ccccc3)CC1)N2. The summed E-state index contributed by atoms with van der Waals surface area (Å²) in [6.45, 7) is 5.77. The molecule has 1 fully saturated rings. The van der Waals surface area contributed by atoms with Crippen LogP contribution in [0.1, 0.15) is 12.0 Å². The number of benzene rings is 2. The zero-order chi connectivity index (χ0) is 22.8. The molecular formula is C22H28N4O4S2. The third-order valence-electron chi connectivity index (χ3n) is 5.76. The van der Waals surface area contributed by atoms with Gasteiger partial charge in [-0.2, -0.15) is 8.42 Å². The maximum atomic E-state index is 12.6. The molecule has 0 amide bonds. The van der Waals surface area contributed by atoms with Gasteiger partial charge in [0, 0.05) is 19.6 Å². The van der Waals surface area contributed by atoms with Gasteiger partial charge in [0.05, 0.1) is 22.9 Å². The van der Waals surface area contributed by atoms with Crippen molar-refractivity contribution in [3.05, 3.63) is 54.1 Å². The zero-order valence-corrected chi connectivity index (χ0v) is 19.7. The monoisotopic (exact) mass is 476 g/mol. The Morgan fingerprint density at radius 1 is 1.00 bits per heavy atom. The first-order valence-electron chi connectivity index (χ1n) is 10.7. The van der Waals surface area contributed by atoms with E-state index >= 15 is 0 Å². The molecule has 2 aliphatic rings. The van der Waals surface area contributed by atoms with Gasteiger partial charge in [0.15, 0.2) is 9.84 Å². The Kier molecular flexibility index (Phi) is 6.66. The average Bonchev–Trinajstić information content (AvgIpc) is 2.98. The normalized spacial score (nSPS) is 19.5. The Labute approximate surface area is 189 Å². The van der Waals surface area contributed by atoms with E-state index in [4.69, 9.17) is 0 Å². The van der Waals surface area contributed by atoms with Gasteiger partial charge in [-0.05, 0) is 56.3 Å². The minimum Gasteiger partial charge on any atom is -0.341 e. The third kappa shape index (κ3) is 5.37. The number of nitrogens with one attached hydrogen (secondary N) is 1. The lowest BCUT2D eigenvalue weighted by Gasteiger charge is -2.25. The van der Waals surface area contributed by atoms with E-state index in [1.165, 1.54) is 0 Å². The first-order chi connectivity index (χ1) is 15.2. The summed E-state index contributed by atoms with van der Waals surface area (Å²) in [5, 5.41) is 3.16. The molecule has 1 saturated heterocycles. The number of fused-ring (bicyclic) bond motifs is 1. The summed E-state index contributed by atoms with van der Waals surface area (Å²) in [4.78, 5) is 4.88. The summed E-state index contributed by atoms with van der Waals surface area (Å²) in [6, 6.07) is 13.8. The predicted octanol–water partition coefficient (Wildman–Crippen LogP) is 1.99. The van der Waals surface area contributed by atoms with Crippen LogP contribution in [0.15, 0.2) is 62.7 Å². The molecule has 2 aliphatic heterocycles. The highest BCUT2D eigenvalue weighted by atomic mass is 32.2. The van der Waals surface area contributed by atoms with Gasteiger partial charge in [-0.15, -0.1) is 4.40 Å². The van der Waals surface area contributed by atoms with Crippen molar-refractivity contribution >= 4 is 31.4 Å². The van der Waals surface area contributed by atoms with Gasteiger partial charge in [-0.25, -0.2) is 8.42 Å². The van der Waals surface area contributed by atoms with Gasteiger partial charge in [0.2, 0.25) is 0 Å². The first kappa shape index (κ1) is 22.9. The molecule has 0 spiro atoms. The number of anilines is 1. The molecule has 32 heavy (non-hydrogen) atoms. The van der Waals surface area contributed by atoms with Gasteiger partial charge >= 0.3 is 0 Å². The van der Waals surface area contributed by atoms with E-state index in [1.807, 2.05) is 13.0 Å². The van der Waals surface area contributed by atoms with E-state index in [1.54, 1.807) is 42.5 Å². The van der Waals surface area contributed by atoms with Gasteiger partial charge in [0.25, 0.3) is 10.0 Å². The summed E-state index contributed by atoms with van der Waals surface area (Å²) in [5.74, 6) is 0.501. The Balaban J connectivity index is 1.34. The molecule has 0 saturated carbocycles. The van der Waals surface area contributed by atoms with E-state index in [-0.39, 0.29) is 10.6 Å². The second-order valence-electron chi connectivity index (χ2n) is 8.24. The van der Waals surface area contributed by atoms with Crippen LogP contribution in [-0.4, -0.2) is 77.5 Å². The number of hydrogen-bond donors (Lipinski definition) is 1. The minimum atomic E-state index is -3.71. The van der Waals surface area contributed by atoms with Crippen molar-refractivity contribution in [2.45, 2.75) is 23.1 Å². The Morgan fingerprint density at radius 3 is 2.50 bits per heavy atom. The van der Waals surface area contributed by atoms with E-state index < -0.39 is 19.9 Å². The number of sulfonamides is 1. The fourth-order valence-electron chi connectivity index (χ4n) is 4.00. The van der Waals surface area contributed by atoms with Crippen molar-refractivity contribution in [1.82, 2.24) is 9.80 Å². The standard InChI is InChI=1S/C22H28N4O4S2/c1-18-8-9-20-21(16-18)32(29,30)24-22(23-20)17-26-11-5-10-25(12-13-26)14-15-31(27,28)19-6-3-2-4-7-19/h2-4,6-9,16H,5,10-15,17H2,1H3,(H,23,24). The van der Waals surface area contributed by atoms with Crippen LogP contribution in [0.2, 0.25) is 0 Å². The third-order valence-corrected chi connectivity index (χ3v) is 8.82. The van der Waals surface area contributed by atoms with Crippen LogP contribution in [0.25, 0.3) is 0 Å². The smallest absolute Gasteiger partial charge is 0.286 e. The fourth-order valence-corrected chi connectivity index (χ4v) is 6.53. The van der Waals surface area contributed by atoms with Crippen molar-refractivity contribution in [1.29, 1.82) is 0 Å². The lowest BCUT2D eigenvalue weighted by molar-refractivity contribution is 0.282. The quantitative estimate of drug-likeness (QED) is 0.681. The molecule has 0 radical (unpaired) electrons. The molecular weight excluding hydrogens is 448 g/mol. The zero-order valence-electron chi connectivity index (χ0n) is 18.1. The number of sulfone groups is 1. The van der Waals surface area contributed by atoms with E-state index in [2.05, 4.69) is 19.5 Å². The van der Waals surface area contributed by atoms with Crippen LogP contribution in [0.4, 0.5) is 5.69 Å². The number of aryl methyl sites for hydroxylation is 1. The molecule has 172 valence electrons. The van der Waals surface area contributed by atoms with Gasteiger partial charge in [-0.1, -0.05) is 24.3 Å². The molecule has 8 nitrogen and oxygen atoms in total. The highest BCUT2D eigenvalue weighted by molar-refractivity contribution is 7.91. The summed E-state index contributed by atoms with van der Waals surface area (Å²) >= 11 is 0. The van der Waals surface area contributed by atoms with E-state index in [9.17, 15) is 16.8 Å². The lowest BCUT2D eigenvalue weighted by Crippen LogP contribution is -2.38. The molecule has 4 rings (SSSR count). The molecule has 0 bridgehead atoms. The topological polar surface area (TPSA) is 99.2 Å². The van der Waals surface area contributed by atoms with Crippen molar-refractivity contribution in [3.8, 4) is 0 Å². The van der Waals surface area contributed by atoms with Gasteiger partial charge in [0.1, 0.15) is 10.7 Å². The molecule has 2 aromatic rings. The van der Waals surface area contributed by atoms with E-state index in [0.717, 1.165) is 31.6 Å². The van der Waals surface area contributed by atoms with E-state index in [0.29, 0.717) is 36.1 Å². The average molecular weight is 477 g/mol. The first-order valence-corrected chi connectivity index (χ1v) is 13.8. The highest BCUT2D eigenvalue weighted by Gasteiger charge is 2.26.